The number of hydrogen-bond acceptors (Lipinski definition) is 3. The number of carbonyl (C=O) groups is 1. The summed E-state index contributed by atoms with van der Waals surface area (Å²) in [6.45, 7) is 0.501. The predicted octanol–water partition coefficient (Wildman–Crippen LogP) is 1.78. The van der Waals surface area contributed by atoms with Crippen molar-refractivity contribution >= 4 is 29.7 Å². The van der Waals surface area contributed by atoms with E-state index in [-0.39, 0.29) is 6.42 Å². The van der Waals surface area contributed by atoms with Crippen molar-refractivity contribution in [2.24, 2.45) is 4.99 Å². The molecule has 0 bridgehead atoms. The first kappa shape index (κ1) is 9.08. The highest BCUT2D eigenvalue weighted by atomic mass is 32.1. The first-order valence-corrected chi connectivity index (χ1v) is 4.56. The molecular weight excluding hydrogens is 200 g/mol. The minimum atomic E-state index is -0.858. The van der Waals surface area contributed by atoms with Gasteiger partial charge >= 0.3 is 5.97 Å². The molecule has 1 aliphatic heterocycles. The van der Waals surface area contributed by atoms with Gasteiger partial charge in [-0.25, -0.2) is 4.99 Å². The van der Waals surface area contributed by atoms with Gasteiger partial charge in [0.15, 0.2) is 0 Å². The van der Waals surface area contributed by atoms with Crippen LogP contribution in [-0.2, 0) is 11.3 Å². The summed E-state index contributed by atoms with van der Waals surface area (Å²) in [5, 5.41) is 8.61. The predicted molar refractivity (Wildman–Crippen MR) is 54.6 cm³/mol. The lowest BCUT2D eigenvalue weighted by Crippen LogP contribution is -2.09. The monoisotopic (exact) mass is 208 g/mol. The van der Waals surface area contributed by atoms with Gasteiger partial charge in [0.1, 0.15) is 10.5 Å². The highest BCUT2D eigenvalue weighted by Crippen LogP contribution is 2.20. The molecule has 5 heteroatoms. The van der Waals surface area contributed by atoms with E-state index in [1.165, 1.54) is 0 Å². The van der Waals surface area contributed by atoms with Gasteiger partial charge in [0, 0.05) is 0 Å². The van der Waals surface area contributed by atoms with Gasteiger partial charge in [-0.15, -0.1) is 0 Å². The van der Waals surface area contributed by atoms with Gasteiger partial charge in [0.25, 0.3) is 0 Å². The smallest absolute Gasteiger partial charge is 0.309 e. The van der Waals surface area contributed by atoms with Crippen molar-refractivity contribution in [1.82, 2.24) is 4.57 Å². The first-order chi connectivity index (χ1) is 6.66. The van der Waals surface area contributed by atoms with Gasteiger partial charge in [-0.05, 0) is 12.1 Å². The van der Waals surface area contributed by atoms with E-state index in [1.807, 2.05) is 16.7 Å². The largest absolute Gasteiger partial charge is 0.481 e. The van der Waals surface area contributed by atoms with Crippen LogP contribution >= 0.6 is 12.2 Å². The maximum Gasteiger partial charge on any atom is 0.309 e. The van der Waals surface area contributed by atoms with Gasteiger partial charge in [0.05, 0.1) is 18.7 Å². The zero-order chi connectivity index (χ0) is 10.1. The van der Waals surface area contributed by atoms with Crippen LogP contribution in [0.2, 0.25) is 0 Å². The Labute approximate surface area is 85.5 Å². The minimum absolute atomic E-state index is 0.0174. The Morgan fingerprint density at radius 2 is 2.43 bits per heavy atom. The Morgan fingerprint density at radius 1 is 1.64 bits per heavy atom. The van der Waals surface area contributed by atoms with Crippen molar-refractivity contribution in [3.05, 3.63) is 22.8 Å². The number of fused-ring (bicyclic) bond motifs is 1. The molecule has 0 aliphatic carbocycles. The third-order valence-corrected chi connectivity index (χ3v) is 2.35. The maximum atomic E-state index is 10.5. The number of aliphatic imine (C=N–C) groups is 1. The van der Waals surface area contributed by atoms with Gasteiger partial charge in [-0.3, -0.25) is 4.79 Å². The van der Waals surface area contributed by atoms with E-state index < -0.39 is 5.97 Å². The highest BCUT2D eigenvalue weighted by Gasteiger charge is 2.15. The number of rotatable bonds is 2. The number of carboxylic acid groups (broad SMARTS) is 1. The Morgan fingerprint density at radius 3 is 3.07 bits per heavy atom. The van der Waals surface area contributed by atoms with Gasteiger partial charge in [0.2, 0.25) is 0 Å². The van der Waals surface area contributed by atoms with Crippen LogP contribution in [0.25, 0.3) is 0 Å². The van der Waals surface area contributed by atoms with E-state index in [4.69, 9.17) is 17.3 Å². The van der Waals surface area contributed by atoms with Crippen molar-refractivity contribution < 1.29 is 9.90 Å². The lowest BCUT2D eigenvalue weighted by molar-refractivity contribution is -0.135. The Hall–Kier alpha value is -1.49. The lowest BCUT2D eigenvalue weighted by atomic mass is 10.3. The maximum absolute atomic E-state index is 10.5. The number of aromatic nitrogens is 1. The summed E-state index contributed by atoms with van der Waals surface area (Å²) in [5.41, 5.74) is 0.648. The fraction of sp³-hybridized carbons (Fsp3) is 0.222. The molecule has 0 spiro atoms. The Kier molecular flexibility index (Phi) is 2.17. The van der Waals surface area contributed by atoms with Crippen LogP contribution in [-0.4, -0.2) is 21.4 Å². The zero-order valence-electron chi connectivity index (χ0n) is 7.30. The fourth-order valence-corrected chi connectivity index (χ4v) is 1.65. The number of pyridine rings is 1. The zero-order valence-corrected chi connectivity index (χ0v) is 8.12. The number of aliphatic carboxylic acids is 1. The summed E-state index contributed by atoms with van der Waals surface area (Å²) in [6.07, 6.45) is -0.0174. The van der Waals surface area contributed by atoms with Gasteiger partial charge in [-0.1, -0.05) is 18.3 Å². The molecule has 0 atom stereocenters. The van der Waals surface area contributed by atoms with Gasteiger partial charge in [-0.2, -0.15) is 0 Å². The molecular formula is C9H8N2O2S. The first-order valence-electron chi connectivity index (χ1n) is 4.15. The molecule has 4 nitrogen and oxygen atoms in total. The number of carboxylic acids is 1. The topological polar surface area (TPSA) is 54.6 Å². The summed E-state index contributed by atoms with van der Waals surface area (Å²) >= 11 is 5.09. The second-order valence-corrected chi connectivity index (χ2v) is 3.48. The molecule has 2 rings (SSSR count). The molecule has 0 saturated heterocycles. The quantitative estimate of drug-likeness (QED) is 0.754. The third kappa shape index (κ3) is 1.58. The highest BCUT2D eigenvalue weighted by molar-refractivity contribution is 7.71. The average molecular weight is 208 g/mol. The van der Waals surface area contributed by atoms with Crippen LogP contribution in [0.5, 0.6) is 0 Å². The summed E-state index contributed by atoms with van der Waals surface area (Å²) in [7, 11) is 0. The van der Waals surface area contributed by atoms with Crippen molar-refractivity contribution in [2.75, 3.05) is 0 Å². The molecule has 0 aromatic carbocycles. The second-order valence-electron chi connectivity index (χ2n) is 3.06. The summed E-state index contributed by atoms with van der Waals surface area (Å²) in [5.74, 6) is -0.114. The number of hydrogen-bond donors (Lipinski definition) is 1. The van der Waals surface area contributed by atoms with Crippen LogP contribution in [0.15, 0.2) is 23.2 Å². The molecule has 2 heterocycles. The molecule has 1 N–H and O–H groups in total. The Balaban J connectivity index is 2.32. The summed E-state index contributed by atoms with van der Waals surface area (Å²) in [6, 6.07) is 5.45. The molecule has 0 saturated carbocycles. The van der Waals surface area contributed by atoms with E-state index in [0.29, 0.717) is 16.9 Å². The molecule has 1 aromatic heterocycles. The third-order valence-electron chi connectivity index (χ3n) is 2.00. The molecule has 1 aromatic rings. The van der Waals surface area contributed by atoms with Gasteiger partial charge < -0.3 is 9.67 Å². The van der Waals surface area contributed by atoms with Crippen molar-refractivity contribution in [1.29, 1.82) is 0 Å². The standard InChI is InChI=1S/C9H8N2O2S/c12-9(13)4-6-5-11-7(10-6)2-1-3-8(11)14/h1-3H,4-5H2,(H,12,13). The van der Waals surface area contributed by atoms with E-state index >= 15 is 0 Å². The SMILES string of the molecule is O=C(O)CC1=Nc2cccc(=S)n2C1. The van der Waals surface area contributed by atoms with Crippen LogP contribution in [0, 0.1) is 4.64 Å². The summed E-state index contributed by atoms with van der Waals surface area (Å²) < 4.78 is 2.51. The van der Waals surface area contributed by atoms with Crippen LogP contribution in [0.1, 0.15) is 6.42 Å². The van der Waals surface area contributed by atoms with E-state index in [9.17, 15) is 4.79 Å². The van der Waals surface area contributed by atoms with Crippen LogP contribution in [0.4, 0.5) is 5.82 Å². The van der Waals surface area contributed by atoms with Crippen molar-refractivity contribution in [3.63, 3.8) is 0 Å². The molecule has 0 radical (unpaired) electrons. The van der Waals surface area contributed by atoms with Crippen LogP contribution in [0.3, 0.4) is 0 Å². The van der Waals surface area contributed by atoms with E-state index in [2.05, 4.69) is 4.99 Å². The molecule has 0 amide bonds. The van der Waals surface area contributed by atoms with E-state index in [1.54, 1.807) is 6.07 Å². The van der Waals surface area contributed by atoms with E-state index in [0.717, 1.165) is 5.82 Å². The lowest BCUT2D eigenvalue weighted by Gasteiger charge is -2.00. The molecule has 1 aliphatic rings. The molecule has 72 valence electrons. The van der Waals surface area contributed by atoms with Crippen LogP contribution < -0.4 is 0 Å². The van der Waals surface area contributed by atoms with Crippen molar-refractivity contribution in [2.45, 2.75) is 13.0 Å². The second kappa shape index (κ2) is 3.34. The van der Waals surface area contributed by atoms with Crippen molar-refractivity contribution in [3.8, 4) is 0 Å². The molecule has 0 fully saturated rings. The molecule has 14 heavy (non-hydrogen) atoms. The molecule has 0 unspecified atom stereocenters. The minimum Gasteiger partial charge on any atom is -0.481 e. The Bertz CT molecular complexity index is 476. The fourth-order valence-electron chi connectivity index (χ4n) is 1.42. The summed E-state index contributed by atoms with van der Waals surface area (Å²) in [4.78, 5) is 14.7. The number of nitrogens with zero attached hydrogens (tertiary/aromatic N) is 2. The normalized spacial score (nSPS) is 13.6. The average Bonchev–Trinajstić information content (AvgIpc) is 2.47.